The van der Waals surface area contributed by atoms with Crippen LogP contribution in [0.15, 0.2) is 30.7 Å². The monoisotopic (exact) mass is 258 g/mol. The zero-order valence-electron chi connectivity index (χ0n) is 10.5. The highest BCUT2D eigenvalue weighted by atomic mass is 16.3. The van der Waals surface area contributed by atoms with Gasteiger partial charge in [0.15, 0.2) is 0 Å². The highest BCUT2D eigenvalue weighted by Crippen LogP contribution is 2.22. The molecule has 98 valence electrons. The van der Waals surface area contributed by atoms with Crippen LogP contribution in [0.25, 0.3) is 11.1 Å². The summed E-state index contributed by atoms with van der Waals surface area (Å²) >= 11 is 0. The molecule has 0 aromatic carbocycles. The molecule has 0 radical (unpaired) electrons. The minimum absolute atomic E-state index is 0.148. The maximum atomic E-state index is 12.0. The maximum absolute atomic E-state index is 12.0. The quantitative estimate of drug-likeness (QED) is 0.829. The van der Waals surface area contributed by atoms with Crippen molar-refractivity contribution in [3.8, 4) is 11.1 Å². The number of carbonyl (C=O) groups excluding carboxylic acids is 1. The molecule has 0 unspecified atom stereocenters. The number of likely N-dealkylation sites (tertiary alicyclic amines) is 1. The first kappa shape index (κ1) is 11.9. The lowest BCUT2D eigenvalue weighted by Gasteiger charge is -2.43. The van der Waals surface area contributed by atoms with Crippen LogP contribution >= 0.6 is 0 Å². The van der Waals surface area contributed by atoms with Crippen LogP contribution in [0.1, 0.15) is 17.4 Å². The number of pyridine rings is 1. The third-order valence-corrected chi connectivity index (χ3v) is 3.16. The summed E-state index contributed by atoms with van der Waals surface area (Å²) in [5.41, 5.74) is 1.47. The number of amides is 1. The summed E-state index contributed by atoms with van der Waals surface area (Å²) in [6.45, 7) is 2.43. The highest BCUT2D eigenvalue weighted by molar-refractivity contribution is 5.93. The van der Waals surface area contributed by atoms with Crippen molar-refractivity contribution in [3.63, 3.8) is 0 Å². The Morgan fingerprint density at radius 2 is 2.16 bits per heavy atom. The standard InChI is InChI=1S/C13H14N4O2/c1-13(19)7-17(8-13)12(18)11-3-2-9(4-14-11)10-5-15-16-6-10/h2-6,19H,7-8H2,1H3,(H,15,16). The Kier molecular flexibility index (Phi) is 2.60. The summed E-state index contributed by atoms with van der Waals surface area (Å²) in [5, 5.41) is 16.2. The summed E-state index contributed by atoms with van der Waals surface area (Å²) in [5.74, 6) is -0.148. The largest absolute Gasteiger partial charge is 0.386 e. The van der Waals surface area contributed by atoms with Crippen LogP contribution in [-0.2, 0) is 0 Å². The van der Waals surface area contributed by atoms with Crippen LogP contribution in [0, 0.1) is 0 Å². The fourth-order valence-corrected chi connectivity index (χ4v) is 2.18. The Labute approximate surface area is 110 Å². The number of β-amino-alcohol motifs (C(OH)–C–C–N with tert-alkyl or cyclic N) is 1. The zero-order valence-corrected chi connectivity index (χ0v) is 10.5. The van der Waals surface area contributed by atoms with Crippen molar-refractivity contribution >= 4 is 5.91 Å². The van der Waals surface area contributed by atoms with Gasteiger partial charge in [0.25, 0.3) is 5.91 Å². The Morgan fingerprint density at radius 3 is 2.68 bits per heavy atom. The topological polar surface area (TPSA) is 82.1 Å². The van der Waals surface area contributed by atoms with Crippen molar-refractivity contribution in [2.45, 2.75) is 12.5 Å². The predicted octanol–water partition coefficient (Wildman–Crippen LogP) is 0.679. The fourth-order valence-electron chi connectivity index (χ4n) is 2.18. The number of hydrogen-bond acceptors (Lipinski definition) is 4. The number of aromatic amines is 1. The number of aliphatic hydroxyl groups is 1. The van der Waals surface area contributed by atoms with Gasteiger partial charge in [-0.25, -0.2) is 0 Å². The van der Waals surface area contributed by atoms with Crippen molar-refractivity contribution in [2.75, 3.05) is 13.1 Å². The number of H-pyrrole nitrogens is 1. The maximum Gasteiger partial charge on any atom is 0.272 e. The van der Waals surface area contributed by atoms with E-state index in [1.165, 1.54) is 0 Å². The van der Waals surface area contributed by atoms with Crippen molar-refractivity contribution in [3.05, 3.63) is 36.4 Å². The van der Waals surface area contributed by atoms with E-state index in [0.717, 1.165) is 11.1 Å². The van der Waals surface area contributed by atoms with Crippen molar-refractivity contribution in [1.82, 2.24) is 20.1 Å². The lowest BCUT2D eigenvalue weighted by atomic mass is 9.96. The van der Waals surface area contributed by atoms with Gasteiger partial charge in [0.1, 0.15) is 5.69 Å². The summed E-state index contributed by atoms with van der Waals surface area (Å²) in [6, 6.07) is 3.53. The lowest BCUT2D eigenvalue weighted by Crippen LogP contribution is -2.61. The third-order valence-electron chi connectivity index (χ3n) is 3.16. The van der Waals surface area contributed by atoms with Crippen LogP contribution < -0.4 is 0 Å². The average Bonchev–Trinajstić information content (AvgIpc) is 2.89. The molecule has 0 spiro atoms. The van der Waals surface area contributed by atoms with Gasteiger partial charge in [0.2, 0.25) is 0 Å². The van der Waals surface area contributed by atoms with Crippen molar-refractivity contribution in [2.24, 2.45) is 0 Å². The first-order valence-electron chi connectivity index (χ1n) is 6.02. The zero-order chi connectivity index (χ0) is 13.5. The number of carbonyl (C=O) groups is 1. The first-order chi connectivity index (χ1) is 9.05. The molecule has 1 saturated heterocycles. The van der Waals surface area contributed by atoms with E-state index in [0.29, 0.717) is 18.8 Å². The molecule has 1 aliphatic rings. The van der Waals surface area contributed by atoms with E-state index < -0.39 is 5.60 Å². The molecule has 0 saturated carbocycles. The van der Waals surface area contributed by atoms with E-state index in [2.05, 4.69) is 15.2 Å². The van der Waals surface area contributed by atoms with E-state index in [9.17, 15) is 9.90 Å². The number of hydrogen-bond donors (Lipinski definition) is 2. The number of nitrogens with zero attached hydrogens (tertiary/aromatic N) is 3. The Bertz CT molecular complexity index is 582. The molecular formula is C13H14N4O2. The summed E-state index contributed by atoms with van der Waals surface area (Å²) in [6.07, 6.45) is 5.12. The number of aromatic nitrogens is 3. The molecule has 0 bridgehead atoms. The first-order valence-corrected chi connectivity index (χ1v) is 6.02. The second-order valence-corrected chi connectivity index (χ2v) is 5.08. The van der Waals surface area contributed by atoms with Gasteiger partial charge >= 0.3 is 0 Å². The van der Waals surface area contributed by atoms with Crippen LogP contribution in [-0.4, -0.2) is 49.8 Å². The molecule has 1 fully saturated rings. The number of nitrogens with one attached hydrogen (secondary N) is 1. The molecule has 6 heteroatoms. The molecule has 0 atom stereocenters. The minimum atomic E-state index is -0.758. The van der Waals surface area contributed by atoms with Gasteiger partial charge in [-0.05, 0) is 13.0 Å². The van der Waals surface area contributed by atoms with Gasteiger partial charge in [-0.3, -0.25) is 14.9 Å². The molecule has 2 aromatic heterocycles. The Morgan fingerprint density at radius 1 is 1.37 bits per heavy atom. The summed E-state index contributed by atoms with van der Waals surface area (Å²) in [7, 11) is 0. The van der Waals surface area contributed by atoms with Gasteiger partial charge in [0, 0.05) is 23.5 Å². The van der Waals surface area contributed by atoms with Gasteiger partial charge in [0.05, 0.1) is 24.9 Å². The second-order valence-electron chi connectivity index (χ2n) is 5.08. The van der Waals surface area contributed by atoms with Crippen LogP contribution in [0.5, 0.6) is 0 Å². The highest BCUT2D eigenvalue weighted by Gasteiger charge is 2.39. The number of rotatable bonds is 2. The van der Waals surface area contributed by atoms with Gasteiger partial charge in [-0.15, -0.1) is 0 Å². The van der Waals surface area contributed by atoms with Gasteiger partial charge < -0.3 is 10.0 Å². The normalized spacial score (nSPS) is 17.1. The fraction of sp³-hybridized carbons (Fsp3) is 0.308. The van der Waals surface area contributed by atoms with Crippen LogP contribution in [0.3, 0.4) is 0 Å². The Hall–Kier alpha value is -2.21. The Balaban J connectivity index is 1.75. The molecule has 19 heavy (non-hydrogen) atoms. The van der Waals surface area contributed by atoms with Gasteiger partial charge in [-0.1, -0.05) is 6.07 Å². The SMILES string of the molecule is CC1(O)CN(C(=O)c2ccc(-c3cn[nH]c3)cn2)C1. The summed E-state index contributed by atoms with van der Waals surface area (Å²) < 4.78 is 0. The third kappa shape index (κ3) is 2.22. The predicted molar refractivity (Wildman–Crippen MR) is 68.3 cm³/mol. The average molecular weight is 258 g/mol. The molecule has 1 aliphatic heterocycles. The summed E-state index contributed by atoms with van der Waals surface area (Å²) in [4.78, 5) is 17.8. The molecule has 6 nitrogen and oxygen atoms in total. The van der Waals surface area contributed by atoms with E-state index in [4.69, 9.17) is 0 Å². The molecule has 3 heterocycles. The van der Waals surface area contributed by atoms with E-state index >= 15 is 0 Å². The van der Waals surface area contributed by atoms with Crippen molar-refractivity contribution < 1.29 is 9.90 Å². The van der Waals surface area contributed by atoms with E-state index in [-0.39, 0.29) is 5.91 Å². The smallest absolute Gasteiger partial charge is 0.272 e. The van der Waals surface area contributed by atoms with Crippen molar-refractivity contribution in [1.29, 1.82) is 0 Å². The molecule has 2 N–H and O–H groups in total. The lowest BCUT2D eigenvalue weighted by molar-refractivity contribution is -0.0670. The van der Waals surface area contributed by atoms with E-state index in [1.54, 1.807) is 36.5 Å². The van der Waals surface area contributed by atoms with E-state index in [1.807, 2.05) is 6.07 Å². The molecule has 2 aromatic rings. The second kappa shape index (κ2) is 4.17. The van der Waals surface area contributed by atoms with Crippen LogP contribution in [0.4, 0.5) is 0 Å². The molecular weight excluding hydrogens is 244 g/mol. The molecule has 0 aliphatic carbocycles. The molecule has 3 rings (SSSR count). The van der Waals surface area contributed by atoms with Gasteiger partial charge in [-0.2, -0.15) is 5.10 Å². The van der Waals surface area contributed by atoms with Crippen LogP contribution in [0.2, 0.25) is 0 Å². The minimum Gasteiger partial charge on any atom is -0.386 e. The molecule has 1 amide bonds.